The summed E-state index contributed by atoms with van der Waals surface area (Å²) in [7, 11) is 1.19. The van der Waals surface area contributed by atoms with Crippen LogP contribution in [-0.2, 0) is 54.3 Å². The number of ether oxygens (including phenoxy) is 1. The average Bonchev–Trinajstić information content (AvgIpc) is 3.36. The number of nitrogens with one attached hydrogen (secondary N) is 6. The molecule has 8 amide bonds. The molecule has 0 bridgehead atoms. The lowest BCUT2D eigenvalue weighted by atomic mass is 10.00. The van der Waals surface area contributed by atoms with Crippen LogP contribution in [0.1, 0.15) is 82.6 Å². The Morgan fingerprint density at radius 2 is 1.36 bits per heavy atom. The number of carbonyl (C=O) groups is 9. The number of likely N-dealkylation sites (N-methyl/N-ethyl adjacent to an activating group) is 1. The number of benzene rings is 3. The van der Waals surface area contributed by atoms with Crippen molar-refractivity contribution in [3.8, 4) is 5.75 Å². The first-order chi connectivity index (χ1) is 35.6. The molecule has 1 fully saturated rings. The quantitative estimate of drug-likeness (QED) is 0.0755. The number of primary amides is 1. The molecule has 0 spiro atoms. The lowest BCUT2D eigenvalue weighted by Crippen LogP contribution is -2.62. The number of aliphatic hydroxyl groups excluding tert-OH is 2. The van der Waals surface area contributed by atoms with E-state index >= 15 is 0 Å². The molecular weight excluding hydrogens is 969 g/mol. The maximum Gasteiger partial charge on any atom is 0.331 e. The molecule has 1 saturated heterocycles. The molecule has 3 aromatic rings. The zero-order valence-corrected chi connectivity index (χ0v) is 42.8. The van der Waals surface area contributed by atoms with E-state index in [2.05, 4.69) is 31.9 Å². The third kappa shape index (κ3) is 18.4. The highest BCUT2D eigenvalue weighted by Gasteiger charge is 2.39. The van der Waals surface area contributed by atoms with Crippen LogP contribution < -0.4 is 37.6 Å². The van der Waals surface area contributed by atoms with E-state index in [1.165, 1.54) is 50.4 Å². The molecule has 75 heavy (non-hydrogen) atoms. The first kappa shape index (κ1) is 59.4. The van der Waals surface area contributed by atoms with E-state index in [4.69, 9.17) is 10.5 Å². The number of aromatic hydroxyl groups is 1. The predicted octanol–water partition coefficient (Wildman–Crippen LogP) is 1.11. The molecule has 0 aromatic heterocycles. The highest BCUT2D eigenvalue weighted by molar-refractivity contribution is 6.05. The predicted molar refractivity (Wildman–Crippen MR) is 278 cm³/mol. The van der Waals surface area contributed by atoms with Crippen LogP contribution in [0.4, 0.5) is 0 Å². The van der Waals surface area contributed by atoms with Crippen LogP contribution >= 0.6 is 0 Å². The lowest BCUT2D eigenvalue weighted by Gasteiger charge is -2.31. The maximum absolute atomic E-state index is 14.9. The second-order valence-corrected chi connectivity index (χ2v) is 18.4. The van der Waals surface area contributed by atoms with Gasteiger partial charge in [0.05, 0.1) is 19.1 Å². The van der Waals surface area contributed by atoms with Gasteiger partial charge in [0.2, 0.25) is 35.4 Å². The summed E-state index contributed by atoms with van der Waals surface area (Å²) in [5.74, 6) is -10.1. The van der Waals surface area contributed by atoms with Crippen molar-refractivity contribution in [1.29, 1.82) is 0 Å². The summed E-state index contributed by atoms with van der Waals surface area (Å²) in [6.07, 6.45) is 5.12. The van der Waals surface area contributed by atoms with Gasteiger partial charge in [-0.2, -0.15) is 0 Å². The first-order valence-corrected chi connectivity index (χ1v) is 24.5. The smallest absolute Gasteiger partial charge is 0.331 e. The van der Waals surface area contributed by atoms with E-state index in [0.717, 1.165) is 36.3 Å². The minimum Gasteiger partial charge on any atom is -0.508 e. The van der Waals surface area contributed by atoms with Gasteiger partial charge in [-0.25, -0.2) is 4.79 Å². The summed E-state index contributed by atoms with van der Waals surface area (Å²) in [5.41, 5.74) is 7.28. The standard InChI is InChI=1S/C54H68N8O13/c1-7-8-10-17-36-18-13-14-19-37(36)22-25-45(67)60-47-33(5)75-54(74)42(30-63)59-49(69)41(29-44(55)66)58-52(72)46(32(4)64)61-50(70)40(27-34-15-11-9-12-16-34)56-48(68)39(26-31(2)3)57-51(71)43(62(6)53(47)73)28-35-20-23-38(65)24-21-35/h9-25,28,31-33,39-42,46-47,63-65H,7-8,26-27,29-30H2,1-6H3,(H2,55,66)(H,56,68)(H,57,71)(H,58,72)(H,59,69)(H,60,67)(H,61,70)/b17-10+,25-22+,43-28+/t32-,33-,39+,40+,41+,42+,46+,47+/m1/s1. The van der Waals surface area contributed by atoms with Crippen LogP contribution in [0.5, 0.6) is 5.75 Å². The Kier molecular flexibility index (Phi) is 22.9. The fourth-order valence-electron chi connectivity index (χ4n) is 7.69. The number of nitrogens with two attached hydrogens (primary N) is 1. The number of rotatable bonds is 15. The summed E-state index contributed by atoms with van der Waals surface area (Å²) >= 11 is 0. The van der Waals surface area contributed by atoms with Crippen molar-refractivity contribution in [2.24, 2.45) is 11.7 Å². The van der Waals surface area contributed by atoms with Gasteiger partial charge in [0.15, 0.2) is 6.04 Å². The van der Waals surface area contributed by atoms with Crippen molar-refractivity contribution in [2.75, 3.05) is 13.7 Å². The lowest BCUT2D eigenvalue weighted by molar-refractivity contribution is -0.157. The number of nitrogens with zero attached hydrogens (tertiary/aromatic N) is 1. The Labute approximate surface area is 435 Å². The molecule has 0 saturated carbocycles. The Bertz CT molecular complexity index is 2600. The number of cyclic esters (lactones) is 1. The van der Waals surface area contributed by atoms with Crippen molar-refractivity contribution in [3.63, 3.8) is 0 Å². The number of phenols is 1. The molecule has 1 aliphatic rings. The molecule has 8 atom stereocenters. The molecule has 402 valence electrons. The summed E-state index contributed by atoms with van der Waals surface area (Å²) in [6.45, 7) is 6.80. The molecule has 11 N–H and O–H groups in total. The number of carbonyl (C=O) groups excluding carboxylic acids is 9. The van der Waals surface area contributed by atoms with Gasteiger partial charge in [-0.05, 0) is 79.1 Å². The number of hydrogen-bond acceptors (Lipinski definition) is 13. The van der Waals surface area contributed by atoms with Crippen molar-refractivity contribution < 1.29 is 63.2 Å². The number of amides is 8. The monoisotopic (exact) mass is 1040 g/mol. The van der Waals surface area contributed by atoms with Crippen LogP contribution in [0.25, 0.3) is 18.2 Å². The van der Waals surface area contributed by atoms with Gasteiger partial charge in [0, 0.05) is 19.5 Å². The maximum atomic E-state index is 14.9. The van der Waals surface area contributed by atoms with E-state index in [1.807, 2.05) is 31.2 Å². The van der Waals surface area contributed by atoms with Crippen molar-refractivity contribution in [1.82, 2.24) is 36.8 Å². The second kappa shape index (κ2) is 28.9. The zero-order valence-electron chi connectivity index (χ0n) is 42.8. The molecule has 21 heteroatoms. The number of allylic oxidation sites excluding steroid dienone is 1. The van der Waals surface area contributed by atoms with Gasteiger partial charge in [0.1, 0.15) is 47.8 Å². The van der Waals surface area contributed by atoms with E-state index in [9.17, 15) is 58.5 Å². The summed E-state index contributed by atoms with van der Waals surface area (Å²) < 4.78 is 5.63. The summed E-state index contributed by atoms with van der Waals surface area (Å²) in [4.78, 5) is 127. The molecule has 0 radical (unpaired) electrons. The minimum atomic E-state index is -1.94. The van der Waals surface area contributed by atoms with Gasteiger partial charge in [-0.3, -0.25) is 38.4 Å². The summed E-state index contributed by atoms with van der Waals surface area (Å²) in [6, 6.07) is 10.8. The van der Waals surface area contributed by atoms with Crippen molar-refractivity contribution >= 4 is 71.5 Å². The van der Waals surface area contributed by atoms with Gasteiger partial charge >= 0.3 is 5.97 Å². The number of phenolic OH excluding ortho intramolecular Hbond substituents is 1. The average molecular weight is 1040 g/mol. The Hall–Kier alpha value is -8.17. The van der Waals surface area contributed by atoms with Gasteiger partial charge in [-0.1, -0.05) is 106 Å². The van der Waals surface area contributed by atoms with Gasteiger partial charge in [-0.15, -0.1) is 0 Å². The topological polar surface area (TPSA) is 325 Å². The van der Waals surface area contributed by atoms with Crippen LogP contribution in [0.15, 0.2) is 96.7 Å². The normalized spacial score (nSPS) is 23.1. The van der Waals surface area contributed by atoms with E-state index in [-0.39, 0.29) is 30.1 Å². The SMILES string of the molecule is CCC/C=C/c1ccccc1/C=C/C(=O)N[C@@H]1C(=O)N(C)/C(=C/c2ccc(O)cc2)C(=O)N[C@@H](CC(C)C)C(=O)N[C@@H](Cc2ccccc2)C(=O)N[C@@H]([C@@H](C)O)C(=O)N[C@@H](CC(N)=O)C(=O)N[C@@H](CO)C(=O)O[C@@H]1C. The van der Waals surface area contributed by atoms with E-state index in [1.54, 1.807) is 56.3 Å². The third-order valence-corrected chi connectivity index (χ3v) is 11.7. The van der Waals surface area contributed by atoms with Crippen molar-refractivity contribution in [2.45, 2.75) is 115 Å². The number of hydrogen-bond donors (Lipinski definition) is 10. The molecule has 3 aromatic carbocycles. The van der Waals surface area contributed by atoms with E-state index in [0.29, 0.717) is 11.1 Å². The number of aliphatic hydroxyl groups is 2. The molecular formula is C54H68N8O13. The van der Waals surface area contributed by atoms with Gasteiger partial charge in [0.25, 0.3) is 11.8 Å². The fourth-order valence-corrected chi connectivity index (χ4v) is 7.69. The highest BCUT2D eigenvalue weighted by Crippen LogP contribution is 2.19. The minimum absolute atomic E-state index is 0.0228. The Balaban J connectivity index is 1.91. The zero-order chi connectivity index (χ0) is 55.4. The largest absolute Gasteiger partial charge is 0.508 e. The Morgan fingerprint density at radius 1 is 0.773 bits per heavy atom. The molecule has 21 nitrogen and oxygen atoms in total. The van der Waals surface area contributed by atoms with Crippen molar-refractivity contribution in [3.05, 3.63) is 119 Å². The first-order valence-electron chi connectivity index (χ1n) is 24.5. The molecule has 0 aliphatic carbocycles. The second-order valence-electron chi connectivity index (χ2n) is 18.4. The fraction of sp³-hybridized carbons (Fsp3) is 0.389. The van der Waals surface area contributed by atoms with Crippen LogP contribution in [0.3, 0.4) is 0 Å². The molecule has 1 aliphatic heterocycles. The van der Waals surface area contributed by atoms with Crippen LogP contribution in [-0.4, -0.2) is 136 Å². The number of unbranched alkanes of at least 4 members (excludes halogenated alkanes) is 1. The number of esters is 1. The Morgan fingerprint density at radius 3 is 1.96 bits per heavy atom. The molecule has 0 unspecified atom stereocenters. The highest BCUT2D eigenvalue weighted by atomic mass is 16.5. The van der Waals surface area contributed by atoms with E-state index < -0.39 is 120 Å². The van der Waals surface area contributed by atoms with Crippen LogP contribution in [0.2, 0.25) is 0 Å². The third-order valence-electron chi connectivity index (χ3n) is 11.7. The molecule has 4 rings (SSSR count). The van der Waals surface area contributed by atoms with Gasteiger partial charge < -0.3 is 62.6 Å². The summed E-state index contributed by atoms with van der Waals surface area (Å²) in [5, 5.41) is 46.0. The van der Waals surface area contributed by atoms with Crippen LogP contribution in [0, 0.1) is 5.92 Å². The molecule has 1 heterocycles.